The van der Waals surface area contributed by atoms with Gasteiger partial charge in [0.1, 0.15) is 12.1 Å². The number of aliphatic carboxylic acids is 2. The van der Waals surface area contributed by atoms with Gasteiger partial charge in [0.15, 0.2) is 0 Å². The molecule has 1 unspecified atom stereocenters. The Morgan fingerprint density at radius 2 is 1.74 bits per heavy atom. The molecular weight excluding hydrogens is 398 g/mol. The first-order valence-electron chi connectivity index (χ1n) is 11.2. The molecule has 0 bridgehead atoms. The minimum Gasteiger partial charge on any atom is -0.480 e. The summed E-state index contributed by atoms with van der Waals surface area (Å²) in [7, 11) is 0. The third-order valence-corrected chi connectivity index (χ3v) is 5.83. The summed E-state index contributed by atoms with van der Waals surface area (Å²) >= 11 is 0. The summed E-state index contributed by atoms with van der Waals surface area (Å²) in [6.07, 6.45) is 5.97. The standard InChI is InChI=1S/C23H35N3O5/c24-15-7-2-1-6-11-18(21(27)26-16-8-12-20(26)23(30)31)25-19(22(28)29)14-13-17-9-4-3-5-10-17/h3-5,9-10,18-20,25H,1-2,6-8,11-16,24H2,(H,28,29)(H,30,31)/t18?,19-,20-/m0/s1. The highest BCUT2D eigenvalue weighted by molar-refractivity contribution is 5.88. The maximum atomic E-state index is 13.2. The summed E-state index contributed by atoms with van der Waals surface area (Å²) in [5.74, 6) is -2.32. The molecule has 2 rings (SSSR count). The lowest BCUT2D eigenvalue weighted by Gasteiger charge is -2.29. The summed E-state index contributed by atoms with van der Waals surface area (Å²) in [6.45, 7) is 1.01. The highest BCUT2D eigenvalue weighted by atomic mass is 16.4. The second kappa shape index (κ2) is 13.1. The number of likely N-dealkylation sites (tertiary alicyclic amines) is 1. The number of hydrogen-bond donors (Lipinski definition) is 4. The van der Waals surface area contributed by atoms with Gasteiger partial charge in [-0.15, -0.1) is 0 Å². The molecule has 0 aliphatic carbocycles. The van der Waals surface area contributed by atoms with Crippen LogP contribution in [0.5, 0.6) is 0 Å². The van der Waals surface area contributed by atoms with E-state index in [1.54, 1.807) is 0 Å². The number of carbonyl (C=O) groups excluding carboxylic acids is 1. The van der Waals surface area contributed by atoms with Crippen LogP contribution in [0, 0.1) is 0 Å². The number of unbranched alkanes of at least 4 members (excludes halogenated alkanes) is 3. The van der Waals surface area contributed by atoms with Crippen molar-refractivity contribution < 1.29 is 24.6 Å². The van der Waals surface area contributed by atoms with E-state index in [0.717, 1.165) is 31.2 Å². The molecule has 0 aromatic heterocycles. The molecule has 0 saturated carbocycles. The third kappa shape index (κ3) is 7.95. The number of rotatable bonds is 14. The van der Waals surface area contributed by atoms with Crippen molar-refractivity contribution in [2.24, 2.45) is 5.73 Å². The van der Waals surface area contributed by atoms with Crippen LogP contribution in [0.2, 0.25) is 0 Å². The van der Waals surface area contributed by atoms with Crippen LogP contribution >= 0.6 is 0 Å². The molecule has 1 heterocycles. The molecule has 1 saturated heterocycles. The Morgan fingerprint density at radius 3 is 2.39 bits per heavy atom. The Kier molecular flexibility index (Phi) is 10.5. The molecule has 172 valence electrons. The van der Waals surface area contributed by atoms with E-state index in [9.17, 15) is 24.6 Å². The Balaban J connectivity index is 2.06. The Bertz CT molecular complexity index is 712. The van der Waals surface area contributed by atoms with E-state index in [2.05, 4.69) is 5.32 Å². The largest absolute Gasteiger partial charge is 0.480 e. The Morgan fingerprint density at radius 1 is 1.03 bits per heavy atom. The molecule has 1 aromatic carbocycles. The first-order valence-corrected chi connectivity index (χ1v) is 11.2. The van der Waals surface area contributed by atoms with Gasteiger partial charge in [-0.1, -0.05) is 49.6 Å². The highest BCUT2D eigenvalue weighted by Crippen LogP contribution is 2.21. The lowest BCUT2D eigenvalue weighted by molar-refractivity contribution is -0.149. The van der Waals surface area contributed by atoms with Crippen LogP contribution in [0.1, 0.15) is 56.9 Å². The van der Waals surface area contributed by atoms with Gasteiger partial charge in [0.2, 0.25) is 5.91 Å². The molecule has 5 N–H and O–H groups in total. The second-order valence-electron chi connectivity index (χ2n) is 8.15. The van der Waals surface area contributed by atoms with E-state index in [-0.39, 0.29) is 5.91 Å². The summed E-state index contributed by atoms with van der Waals surface area (Å²) in [4.78, 5) is 38.0. The van der Waals surface area contributed by atoms with Gasteiger partial charge >= 0.3 is 11.9 Å². The van der Waals surface area contributed by atoms with E-state index in [4.69, 9.17) is 5.73 Å². The van der Waals surface area contributed by atoms with Crippen LogP contribution in [0.25, 0.3) is 0 Å². The van der Waals surface area contributed by atoms with Gasteiger partial charge in [-0.2, -0.15) is 0 Å². The number of nitrogens with one attached hydrogen (secondary N) is 1. The molecule has 1 amide bonds. The molecular formula is C23H35N3O5. The molecule has 1 aliphatic heterocycles. The number of aryl methyl sites for hydroxylation is 1. The number of carboxylic acids is 2. The number of benzene rings is 1. The van der Waals surface area contributed by atoms with Gasteiger partial charge < -0.3 is 20.8 Å². The van der Waals surface area contributed by atoms with Gasteiger partial charge in [-0.05, 0) is 50.6 Å². The van der Waals surface area contributed by atoms with E-state index < -0.39 is 30.1 Å². The van der Waals surface area contributed by atoms with Crippen molar-refractivity contribution in [1.82, 2.24) is 10.2 Å². The first-order chi connectivity index (χ1) is 14.9. The summed E-state index contributed by atoms with van der Waals surface area (Å²) in [5.41, 5.74) is 6.56. The van der Waals surface area contributed by atoms with Crippen LogP contribution in [0.3, 0.4) is 0 Å². The highest BCUT2D eigenvalue weighted by Gasteiger charge is 2.38. The van der Waals surface area contributed by atoms with Gasteiger partial charge in [-0.25, -0.2) is 4.79 Å². The molecule has 31 heavy (non-hydrogen) atoms. The average Bonchev–Trinajstić information content (AvgIpc) is 3.25. The van der Waals surface area contributed by atoms with Gasteiger partial charge in [-0.3, -0.25) is 14.9 Å². The molecule has 1 aliphatic rings. The molecule has 0 radical (unpaired) electrons. The van der Waals surface area contributed by atoms with Crippen molar-refractivity contribution in [2.75, 3.05) is 13.1 Å². The summed E-state index contributed by atoms with van der Waals surface area (Å²) in [5, 5.41) is 22.2. The SMILES string of the molecule is NCCCCCCC(N[C@@H](CCc1ccccc1)C(=O)O)C(=O)N1CCC[C@H]1C(=O)O. The van der Waals surface area contributed by atoms with Gasteiger partial charge in [0.05, 0.1) is 6.04 Å². The molecule has 8 nitrogen and oxygen atoms in total. The van der Waals surface area contributed by atoms with Crippen LogP contribution in [0.4, 0.5) is 0 Å². The van der Waals surface area contributed by atoms with Crippen molar-refractivity contribution in [3.63, 3.8) is 0 Å². The van der Waals surface area contributed by atoms with E-state index in [1.165, 1.54) is 4.90 Å². The Hall–Kier alpha value is -2.45. The van der Waals surface area contributed by atoms with Gasteiger partial charge in [0, 0.05) is 6.54 Å². The summed E-state index contributed by atoms with van der Waals surface area (Å²) < 4.78 is 0. The predicted octanol–water partition coefficient (Wildman–Crippen LogP) is 2.02. The number of nitrogens with zero attached hydrogens (tertiary/aromatic N) is 1. The molecule has 8 heteroatoms. The fraction of sp³-hybridized carbons (Fsp3) is 0.609. The van der Waals surface area contributed by atoms with Crippen LogP contribution in [-0.2, 0) is 20.8 Å². The van der Waals surface area contributed by atoms with E-state index >= 15 is 0 Å². The average molecular weight is 434 g/mol. The molecule has 3 atom stereocenters. The first kappa shape index (κ1) is 24.8. The number of hydrogen-bond acceptors (Lipinski definition) is 5. The smallest absolute Gasteiger partial charge is 0.326 e. The minimum absolute atomic E-state index is 0.310. The zero-order chi connectivity index (χ0) is 22.6. The predicted molar refractivity (Wildman–Crippen MR) is 118 cm³/mol. The van der Waals surface area contributed by atoms with Gasteiger partial charge in [0.25, 0.3) is 0 Å². The number of nitrogens with two attached hydrogens (primary N) is 1. The number of carbonyl (C=O) groups is 3. The lowest BCUT2D eigenvalue weighted by Crippen LogP contribution is -2.54. The zero-order valence-electron chi connectivity index (χ0n) is 18.0. The maximum absolute atomic E-state index is 13.2. The monoisotopic (exact) mass is 433 g/mol. The number of amides is 1. The zero-order valence-corrected chi connectivity index (χ0v) is 18.0. The Labute approximate surface area is 183 Å². The van der Waals surface area contributed by atoms with Crippen molar-refractivity contribution in [3.8, 4) is 0 Å². The number of carboxylic acid groups (broad SMARTS) is 2. The van der Waals surface area contributed by atoms with E-state index in [1.807, 2.05) is 30.3 Å². The molecule has 1 aromatic rings. The fourth-order valence-corrected chi connectivity index (χ4v) is 4.09. The third-order valence-electron chi connectivity index (χ3n) is 5.83. The van der Waals surface area contributed by atoms with Crippen LogP contribution in [0.15, 0.2) is 30.3 Å². The molecule has 0 spiro atoms. The van der Waals surface area contributed by atoms with Crippen molar-refractivity contribution >= 4 is 17.8 Å². The van der Waals surface area contributed by atoms with Crippen molar-refractivity contribution in [2.45, 2.75) is 75.9 Å². The topological polar surface area (TPSA) is 133 Å². The van der Waals surface area contributed by atoms with E-state index in [0.29, 0.717) is 45.2 Å². The minimum atomic E-state index is -1.01. The van der Waals surface area contributed by atoms with Crippen molar-refractivity contribution in [3.05, 3.63) is 35.9 Å². The maximum Gasteiger partial charge on any atom is 0.326 e. The quantitative estimate of drug-likeness (QED) is 0.330. The van der Waals surface area contributed by atoms with Crippen molar-refractivity contribution in [1.29, 1.82) is 0 Å². The second-order valence-corrected chi connectivity index (χ2v) is 8.15. The lowest BCUT2D eigenvalue weighted by atomic mass is 10.0. The normalized spacial score (nSPS) is 18.0. The van der Waals surface area contributed by atoms with Crippen LogP contribution < -0.4 is 11.1 Å². The summed E-state index contributed by atoms with van der Waals surface area (Å²) in [6, 6.07) is 7.18. The van der Waals surface area contributed by atoms with Crippen LogP contribution in [-0.4, -0.2) is 64.2 Å². The fourth-order valence-electron chi connectivity index (χ4n) is 4.09. The molecule has 1 fully saturated rings.